The summed E-state index contributed by atoms with van der Waals surface area (Å²) < 4.78 is 5.28. The van der Waals surface area contributed by atoms with E-state index in [-0.39, 0.29) is 0 Å². The van der Waals surface area contributed by atoms with Gasteiger partial charge < -0.3 is 10.1 Å². The minimum atomic E-state index is 0.729. The highest BCUT2D eigenvalue weighted by Gasteiger charge is 2.05. The highest BCUT2D eigenvalue weighted by Crippen LogP contribution is 2.24. The van der Waals surface area contributed by atoms with E-state index in [4.69, 9.17) is 4.74 Å². The number of benzene rings is 2. The van der Waals surface area contributed by atoms with Crippen LogP contribution in [0.5, 0.6) is 5.75 Å². The minimum absolute atomic E-state index is 0.729. The standard InChI is InChI=1S/C18H19N3O/c1-3-13-4-6-14(7-5-13)11-19-18-16-10-15(22-2)8-9-17(16)20-12-21-18/h4-10,12H,3,11H2,1-2H3,(H,19,20,21). The molecule has 0 unspecified atom stereocenters. The van der Waals surface area contributed by atoms with Crippen LogP contribution < -0.4 is 10.1 Å². The van der Waals surface area contributed by atoms with Crippen molar-refractivity contribution in [3.8, 4) is 5.75 Å². The van der Waals surface area contributed by atoms with Crippen LogP contribution in [0.2, 0.25) is 0 Å². The van der Waals surface area contributed by atoms with Gasteiger partial charge in [-0.3, -0.25) is 0 Å². The Labute approximate surface area is 130 Å². The van der Waals surface area contributed by atoms with E-state index in [0.29, 0.717) is 0 Å². The third-order valence-electron chi connectivity index (χ3n) is 3.73. The van der Waals surface area contributed by atoms with Crippen LogP contribution in [0.4, 0.5) is 5.82 Å². The molecular weight excluding hydrogens is 274 g/mol. The number of anilines is 1. The number of rotatable bonds is 5. The first kappa shape index (κ1) is 14.3. The highest BCUT2D eigenvalue weighted by atomic mass is 16.5. The molecule has 0 saturated carbocycles. The number of fused-ring (bicyclic) bond motifs is 1. The van der Waals surface area contributed by atoms with Crippen molar-refractivity contribution in [3.63, 3.8) is 0 Å². The zero-order chi connectivity index (χ0) is 15.4. The molecule has 2 aromatic carbocycles. The van der Waals surface area contributed by atoms with E-state index in [0.717, 1.165) is 35.4 Å². The summed E-state index contributed by atoms with van der Waals surface area (Å²) in [5, 5.41) is 4.35. The number of methoxy groups -OCH3 is 1. The fourth-order valence-electron chi connectivity index (χ4n) is 2.38. The smallest absolute Gasteiger partial charge is 0.137 e. The molecule has 112 valence electrons. The molecule has 1 N–H and O–H groups in total. The third-order valence-corrected chi connectivity index (χ3v) is 3.73. The van der Waals surface area contributed by atoms with Crippen LogP contribution in [0.25, 0.3) is 10.9 Å². The molecule has 0 saturated heterocycles. The average molecular weight is 293 g/mol. The Hall–Kier alpha value is -2.62. The predicted octanol–water partition coefficient (Wildman–Crippen LogP) is 3.81. The molecule has 1 heterocycles. The van der Waals surface area contributed by atoms with Crippen molar-refractivity contribution in [1.82, 2.24) is 9.97 Å². The molecule has 0 aliphatic rings. The SMILES string of the molecule is CCc1ccc(CNc2ncnc3ccc(OC)cc23)cc1. The van der Waals surface area contributed by atoms with Crippen molar-refractivity contribution in [2.24, 2.45) is 0 Å². The molecule has 3 aromatic rings. The van der Waals surface area contributed by atoms with Gasteiger partial charge in [-0.2, -0.15) is 0 Å². The summed E-state index contributed by atoms with van der Waals surface area (Å²) in [5.41, 5.74) is 3.48. The van der Waals surface area contributed by atoms with Gasteiger partial charge >= 0.3 is 0 Å². The monoisotopic (exact) mass is 293 g/mol. The molecule has 0 radical (unpaired) electrons. The second-order valence-corrected chi connectivity index (χ2v) is 5.13. The number of aromatic nitrogens is 2. The summed E-state index contributed by atoms with van der Waals surface area (Å²) in [6.07, 6.45) is 2.64. The zero-order valence-electron chi connectivity index (χ0n) is 12.8. The number of nitrogens with zero attached hydrogens (tertiary/aromatic N) is 2. The first-order valence-electron chi connectivity index (χ1n) is 7.40. The third kappa shape index (κ3) is 3.01. The first-order chi connectivity index (χ1) is 10.8. The summed E-state index contributed by atoms with van der Waals surface area (Å²) in [4.78, 5) is 8.64. The molecular formula is C18H19N3O. The normalized spacial score (nSPS) is 10.6. The van der Waals surface area contributed by atoms with Crippen LogP contribution in [0, 0.1) is 0 Å². The summed E-state index contributed by atoms with van der Waals surface area (Å²) >= 11 is 0. The van der Waals surface area contributed by atoms with E-state index >= 15 is 0 Å². The van der Waals surface area contributed by atoms with E-state index in [1.807, 2.05) is 18.2 Å². The van der Waals surface area contributed by atoms with Crippen molar-refractivity contribution >= 4 is 16.7 Å². The Bertz CT molecular complexity index is 769. The quantitative estimate of drug-likeness (QED) is 0.777. The molecule has 0 aliphatic carbocycles. The highest BCUT2D eigenvalue weighted by molar-refractivity contribution is 5.89. The van der Waals surface area contributed by atoms with E-state index < -0.39 is 0 Å². The molecule has 0 spiro atoms. The molecule has 0 atom stereocenters. The molecule has 0 amide bonds. The van der Waals surface area contributed by atoms with Gasteiger partial charge in [0.15, 0.2) is 0 Å². The summed E-state index contributed by atoms with van der Waals surface area (Å²) in [6.45, 7) is 2.89. The molecule has 4 nitrogen and oxygen atoms in total. The molecule has 0 fully saturated rings. The van der Waals surface area contributed by atoms with Crippen molar-refractivity contribution in [2.45, 2.75) is 19.9 Å². The first-order valence-corrected chi connectivity index (χ1v) is 7.40. The zero-order valence-corrected chi connectivity index (χ0v) is 12.8. The average Bonchev–Trinajstić information content (AvgIpc) is 2.59. The van der Waals surface area contributed by atoms with Gasteiger partial charge in [0, 0.05) is 11.9 Å². The van der Waals surface area contributed by atoms with Crippen LogP contribution >= 0.6 is 0 Å². The largest absolute Gasteiger partial charge is 0.497 e. The van der Waals surface area contributed by atoms with Crippen LogP contribution in [0.3, 0.4) is 0 Å². The Kier molecular flexibility index (Phi) is 4.19. The van der Waals surface area contributed by atoms with E-state index in [1.54, 1.807) is 13.4 Å². The lowest BCUT2D eigenvalue weighted by atomic mass is 10.1. The number of ether oxygens (including phenoxy) is 1. The Morgan fingerprint density at radius 1 is 1.00 bits per heavy atom. The molecule has 1 aromatic heterocycles. The summed E-state index contributed by atoms with van der Waals surface area (Å²) in [5.74, 6) is 1.63. The van der Waals surface area contributed by atoms with Gasteiger partial charge in [-0.15, -0.1) is 0 Å². The lowest BCUT2D eigenvalue weighted by Gasteiger charge is -2.10. The molecule has 0 aliphatic heterocycles. The Morgan fingerprint density at radius 3 is 2.50 bits per heavy atom. The van der Waals surface area contributed by atoms with Gasteiger partial charge in [0.05, 0.1) is 12.6 Å². The van der Waals surface area contributed by atoms with Crippen LogP contribution in [-0.2, 0) is 13.0 Å². The minimum Gasteiger partial charge on any atom is -0.497 e. The lowest BCUT2D eigenvalue weighted by Crippen LogP contribution is -2.02. The summed E-state index contributed by atoms with van der Waals surface area (Å²) in [7, 11) is 1.66. The molecule has 22 heavy (non-hydrogen) atoms. The van der Waals surface area contributed by atoms with E-state index in [2.05, 4.69) is 46.5 Å². The fraction of sp³-hybridized carbons (Fsp3) is 0.222. The number of nitrogens with one attached hydrogen (secondary N) is 1. The maximum absolute atomic E-state index is 5.28. The molecule has 4 heteroatoms. The molecule has 0 bridgehead atoms. The lowest BCUT2D eigenvalue weighted by molar-refractivity contribution is 0.415. The van der Waals surface area contributed by atoms with Gasteiger partial charge in [-0.25, -0.2) is 9.97 Å². The van der Waals surface area contributed by atoms with Crippen molar-refractivity contribution in [3.05, 3.63) is 59.9 Å². The van der Waals surface area contributed by atoms with Crippen molar-refractivity contribution < 1.29 is 4.74 Å². The van der Waals surface area contributed by atoms with Gasteiger partial charge in [-0.1, -0.05) is 31.2 Å². The second kappa shape index (κ2) is 6.43. The van der Waals surface area contributed by atoms with Gasteiger partial charge in [0.2, 0.25) is 0 Å². The van der Waals surface area contributed by atoms with Crippen LogP contribution in [0.15, 0.2) is 48.8 Å². The molecule has 3 rings (SSSR count). The topological polar surface area (TPSA) is 47.0 Å². The van der Waals surface area contributed by atoms with E-state index in [1.165, 1.54) is 11.1 Å². The number of hydrogen-bond acceptors (Lipinski definition) is 4. The van der Waals surface area contributed by atoms with Crippen LogP contribution in [0.1, 0.15) is 18.1 Å². The summed E-state index contributed by atoms with van der Waals surface area (Å²) in [6, 6.07) is 14.4. The number of hydrogen-bond donors (Lipinski definition) is 1. The Balaban J connectivity index is 1.83. The van der Waals surface area contributed by atoms with Crippen LogP contribution in [-0.4, -0.2) is 17.1 Å². The maximum atomic E-state index is 5.28. The van der Waals surface area contributed by atoms with Gasteiger partial charge in [0.25, 0.3) is 0 Å². The Morgan fingerprint density at radius 2 is 1.77 bits per heavy atom. The second-order valence-electron chi connectivity index (χ2n) is 5.13. The van der Waals surface area contributed by atoms with Gasteiger partial charge in [0.1, 0.15) is 17.9 Å². The fourth-order valence-corrected chi connectivity index (χ4v) is 2.38. The number of aryl methyl sites for hydroxylation is 1. The predicted molar refractivity (Wildman–Crippen MR) is 89.2 cm³/mol. The van der Waals surface area contributed by atoms with Crippen molar-refractivity contribution in [1.29, 1.82) is 0 Å². The van der Waals surface area contributed by atoms with Crippen molar-refractivity contribution in [2.75, 3.05) is 12.4 Å². The van der Waals surface area contributed by atoms with E-state index in [9.17, 15) is 0 Å². The maximum Gasteiger partial charge on any atom is 0.137 e. The van der Waals surface area contributed by atoms with Gasteiger partial charge in [-0.05, 0) is 35.7 Å².